The number of aryl methyl sites for hydroxylation is 2. The number of rotatable bonds is 2. The minimum atomic E-state index is -0.00710. The van der Waals surface area contributed by atoms with Crippen molar-refractivity contribution in [2.24, 2.45) is 5.41 Å². The maximum absolute atomic E-state index is 13.5. The van der Waals surface area contributed by atoms with Crippen LogP contribution in [0.15, 0.2) is 30.3 Å². The second-order valence-corrected chi connectivity index (χ2v) is 11.2. The van der Waals surface area contributed by atoms with Gasteiger partial charge in [0.25, 0.3) is 5.91 Å². The van der Waals surface area contributed by atoms with Crippen LogP contribution in [0.1, 0.15) is 79.5 Å². The highest BCUT2D eigenvalue weighted by Crippen LogP contribution is 2.37. The maximum atomic E-state index is 13.5. The molecule has 204 valence electrons. The van der Waals surface area contributed by atoms with Crippen LogP contribution >= 0.6 is 0 Å². The molecule has 0 atom stereocenters. The number of ether oxygens (including phenoxy) is 1. The molecule has 2 aromatic rings. The Kier molecular flexibility index (Phi) is 8.45. The number of likely N-dealkylation sites (tertiary alicyclic amines) is 1. The van der Waals surface area contributed by atoms with E-state index in [0.717, 1.165) is 75.9 Å². The smallest absolute Gasteiger partial charge is 0.272 e. The van der Waals surface area contributed by atoms with Gasteiger partial charge in [0.1, 0.15) is 11.4 Å². The standard InChI is InChI=1S/C30H41N5O3/c1-23-21-25(33-29(32-23)35-16-6-7-17-35)28(37)34-18-14-30(15-19-34)13-5-4-10-24-9-2-3-11-26(24)38-20-8-12-27(36)31-22-30/h2-3,9,11,21H,4-8,10,12-20,22H2,1H3,(H,31,36). The minimum Gasteiger partial charge on any atom is -0.493 e. The number of hydrogen-bond donors (Lipinski definition) is 1. The molecule has 8 heteroatoms. The van der Waals surface area contributed by atoms with Crippen molar-refractivity contribution < 1.29 is 14.3 Å². The maximum Gasteiger partial charge on any atom is 0.272 e. The van der Waals surface area contributed by atoms with Crippen LogP contribution in [0.25, 0.3) is 0 Å². The summed E-state index contributed by atoms with van der Waals surface area (Å²) < 4.78 is 5.98. The Hall–Kier alpha value is -3.16. The van der Waals surface area contributed by atoms with E-state index in [1.165, 1.54) is 5.56 Å². The highest BCUT2D eigenvalue weighted by atomic mass is 16.5. The number of carbonyl (C=O) groups is 2. The van der Waals surface area contributed by atoms with E-state index in [1.807, 2.05) is 30.0 Å². The molecule has 38 heavy (non-hydrogen) atoms. The van der Waals surface area contributed by atoms with Crippen molar-refractivity contribution in [2.75, 3.05) is 44.2 Å². The first-order valence-corrected chi connectivity index (χ1v) is 14.4. The van der Waals surface area contributed by atoms with Gasteiger partial charge in [0, 0.05) is 44.8 Å². The zero-order valence-electron chi connectivity index (χ0n) is 22.7. The Morgan fingerprint density at radius 1 is 0.947 bits per heavy atom. The average molecular weight is 520 g/mol. The van der Waals surface area contributed by atoms with Crippen LogP contribution in [0, 0.1) is 12.3 Å². The summed E-state index contributed by atoms with van der Waals surface area (Å²) in [5, 5.41) is 3.21. The normalized spacial score (nSPS) is 20.8. The Balaban J connectivity index is 1.24. The summed E-state index contributed by atoms with van der Waals surface area (Å²) in [5.74, 6) is 1.70. The fourth-order valence-electron chi connectivity index (χ4n) is 6.04. The number of nitrogens with one attached hydrogen (secondary N) is 1. The molecule has 4 heterocycles. The number of carbonyl (C=O) groups excluding carboxylic acids is 2. The van der Waals surface area contributed by atoms with Crippen molar-refractivity contribution in [3.63, 3.8) is 0 Å². The molecule has 1 aromatic carbocycles. The molecular formula is C30H41N5O3. The Morgan fingerprint density at radius 2 is 1.74 bits per heavy atom. The van der Waals surface area contributed by atoms with E-state index in [4.69, 9.17) is 4.74 Å². The monoisotopic (exact) mass is 519 g/mol. The lowest BCUT2D eigenvalue weighted by Gasteiger charge is -2.42. The van der Waals surface area contributed by atoms with Crippen molar-refractivity contribution in [2.45, 2.75) is 71.1 Å². The van der Waals surface area contributed by atoms with Crippen LogP contribution < -0.4 is 15.0 Å². The van der Waals surface area contributed by atoms with Crippen molar-refractivity contribution >= 4 is 17.8 Å². The lowest BCUT2D eigenvalue weighted by atomic mass is 9.74. The number of aromatic nitrogens is 2. The summed E-state index contributed by atoms with van der Waals surface area (Å²) in [7, 11) is 0. The van der Waals surface area contributed by atoms with Crippen LogP contribution in [0.4, 0.5) is 5.95 Å². The number of amides is 2. The third kappa shape index (κ3) is 6.45. The zero-order valence-corrected chi connectivity index (χ0v) is 22.7. The molecule has 5 rings (SSSR count). The topological polar surface area (TPSA) is 87.7 Å². The molecule has 8 nitrogen and oxygen atoms in total. The molecule has 2 fully saturated rings. The van der Waals surface area contributed by atoms with E-state index in [0.29, 0.717) is 50.7 Å². The molecular weight excluding hydrogens is 478 g/mol. The molecule has 2 saturated heterocycles. The van der Waals surface area contributed by atoms with Gasteiger partial charge < -0.3 is 19.9 Å². The lowest BCUT2D eigenvalue weighted by molar-refractivity contribution is -0.122. The van der Waals surface area contributed by atoms with Crippen LogP contribution in [0.5, 0.6) is 5.75 Å². The first-order valence-electron chi connectivity index (χ1n) is 14.4. The second-order valence-electron chi connectivity index (χ2n) is 11.2. The third-order valence-corrected chi connectivity index (χ3v) is 8.40. The fourth-order valence-corrected chi connectivity index (χ4v) is 6.04. The lowest BCUT2D eigenvalue weighted by Crippen LogP contribution is -2.48. The van der Waals surface area contributed by atoms with Gasteiger partial charge in [-0.05, 0) is 81.4 Å². The van der Waals surface area contributed by atoms with E-state index < -0.39 is 0 Å². The van der Waals surface area contributed by atoms with Gasteiger partial charge >= 0.3 is 0 Å². The van der Waals surface area contributed by atoms with E-state index in [2.05, 4.69) is 32.3 Å². The first-order chi connectivity index (χ1) is 18.5. The molecule has 0 bridgehead atoms. The van der Waals surface area contributed by atoms with Crippen LogP contribution in [-0.4, -0.2) is 66.0 Å². The minimum absolute atomic E-state index is 0.00710. The Bertz CT molecular complexity index is 1120. The summed E-state index contributed by atoms with van der Waals surface area (Å²) in [6, 6.07) is 10.1. The molecule has 0 saturated carbocycles. The van der Waals surface area contributed by atoms with E-state index in [-0.39, 0.29) is 17.2 Å². The molecule has 0 aliphatic carbocycles. The summed E-state index contributed by atoms with van der Waals surface area (Å²) in [4.78, 5) is 39.5. The van der Waals surface area contributed by atoms with Crippen molar-refractivity contribution in [3.05, 3.63) is 47.3 Å². The molecule has 1 N–H and O–H groups in total. The number of benzene rings is 1. The van der Waals surface area contributed by atoms with Gasteiger partial charge in [0.15, 0.2) is 0 Å². The third-order valence-electron chi connectivity index (χ3n) is 8.40. The van der Waals surface area contributed by atoms with Gasteiger partial charge in [-0.2, -0.15) is 0 Å². The van der Waals surface area contributed by atoms with Gasteiger partial charge in [-0.15, -0.1) is 0 Å². The van der Waals surface area contributed by atoms with E-state index in [9.17, 15) is 9.59 Å². The highest BCUT2D eigenvalue weighted by Gasteiger charge is 2.36. The van der Waals surface area contributed by atoms with Crippen molar-refractivity contribution in [1.29, 1.82) is 0 Å². The molecule has 1 aromatic heterocycles. The number of hydrogen-bond acceptors (Lipinski definition) is 6. The van der Waals surface area contributed by atoms with Gasteiger partial charge in [-0.3, -0.25) is 9.59 Å². The predicted molar refractivity (Wildman–Crippen MR) is 148 cm³/mol. The number of para-hydroxylation sites is 1. The Labute approximate surface area is 226 Å². The van der Waals surface area contributed by atoms with Crippen LogP contribution in [0.3, 0.4) is 0 Å². The predicted octanol–water partition coefficient (Wildman–Crippen LogP) is 4.31. The summed E-state index contributed by atoms with van der Waals surface area (Å²) in [6.07, 6.45) is 9.45. The fraction of sp³-hybridized carbons (Fsp3) is 0.600. The van der Waals surface area contributed by atoms with Gasteiger partial charge in [0.05, 0.1) is 6.61 Å². The van der Waals surface area contributed by atoms with Gasteiger partial charge in [-0.25, -0.2) is 9.97 Å². The van der Waals surface area contributed by atoms with Crippen LogP contribution in [-0.2, 0) is 11.2 Å². The molecule has 0 radical (unpaired) electrons. The highest BCUT2D eigenvalue weighted by molar-refractivity contribution is 5.92. The summed E-state index contributed by atoms with van der Waals surface area (Å²) in [6.45, 7) is 6.44. The molecule has 0 unspecified atom stereocenters. The van der Waals surface area contributed by atoms with E-state index in [1.54, 1.807) is 0 Å². The average Bonchev–Trinajstić information content (AvgIpc) is 3.48. The van der Waals surface area contributed by atoms with Crippen molar-refractivity contribution in [1.82, 2.24) is 20.2 Å². The van der Waals surface area contributed by atoms with Crippen LogP contribution in [0.2, 0.25) is 0 Å². The summed E-state index contributed by atoms with van der Waals surface area (Å²) in [5.41, 5.74) is 2.60. The molecule has 1 spiro atoms. The quantitative estimate of drug-likeness (QED) is 0.636. The Morgan fingerprint density at radius 3 is 2.55 bits per heavy atom. The number of piperidine rings is 1. The molecule has 3 aliphatic heterocycles. The largest absolute Gasteiger partial charge is 0.493 e. The van der Waals surface area contributed by atoms with Gasteiger partial charge in [-0.1, -0.05) is 24.6 Å². The SMILES string of the molecule is Cc1cc(C(=O)N2CCC3(CCCCc4ccccc4OCCCC(=O)NC3)CC2)nc(N2CCCC2)n1. The van der Waals surface area contributed by atoms with E-state index >= 15 is 0 Å². The number of fused-ring (bicyclic) bond motifs is 1. The zero-order chi connectivity index (χ0) is 26.4. The van der Waals surface area contributed by atoms with Crippen molar-refractivity contribution in [3.8, 4) is 5.75 Å². The first kappa shape index (κ1) is 26.4. The second kappa shape index (κ2) is 12.1. The number of nitrogens with zero attached hydrogens (tertiary/aromatic N) is 4. The molecule has 3 aliphatic rings. The molecule has 2 amide bonds. The number of anilines is 1. The summed E-state index contributed by atoms with van der Waals surface area (Å²) >= 11 is 0. The van der Waals surface area contributed by atoms with Gasteiger partial charge in [0.2, 0.25) is 11.9 Å².